The Morgan fingerprint density at radius 1 is 1.13 bits per heavy atom. The van der Waals surface area contributed by atoms with E-state index in [9.17, 15) is 4.79 Å². The van der Waals surface area contributed by atoms with Gasteiger partial charge in [-0.3, -0.25) is 14.7 Å². The Morgan fingerprint density at radius 3 is 2.50 bits per heavy atom. The van der Waals surface area contributed by atoms with Gasteiger partial charge in [0, 0.05) is 22.3 Å². The maximum absolute atomic E-state index is 12.8. The SMILES string of the molecule is CCn1c(NC(=O)C(C)(C)Oc2ccc(Cl)cc2)nnc1SCc1ccccc1Cl. The number of carbonyl (C=O) groups is 1. The first-order valence-corrected chi connectivity index (χ1v) is 11.1. The number of halogens is 2. The second kappa shape index (κ2) is 9.73. The van der Waals surface area contributed by atoms with Crippen LogP contribution >= 0.6 is 35.0 Å². The second-order valence-corrected chi connectivity index (χ2v) is 8.74. The van der Waals surface area contributed by atoms with Crippen LogP contribution in [0.1, 0.15) is 26.3 Å². The fraction of sp³-hybridized carbons (Fsp3) is 0.286. The number of rotatable bonds is 8. The van der Waals surface area contributed by atoms with Crippen molar-refractivity contribution in [3.8, 4) is 5.75 Å². The van der Waals surface area contributed by atoms with E-state index in [1.165, 1.54) is 11.8 Å². The van der Waals surface area contributed by atoms with Gasteiger partial charge in [0.15, 0.2) is 10.8 Å². The Morgan fingerprint density at radius 2 is 1.83 bits per heavy atom. The van der Waals surface area contributed by atoms with E-state index in [1.54, 1.807) is 38.1 Å². The molecule has 0 radical (unpaired) electrons. The summed E-state index contributed by atoms with van der Waals surface area (Å²) in [5.74, 6) is 1.24. The van der Waals surface area contributed by atoms with Crippen LogP contribution in [-0.4, -0.2) is 26.3 Å². The van der Waals surface area contributed by atoms with Crippen molar-refractivity contribution in [2.45, 2.75) is 43.8 Å². The average molecular weight is 465 g/mol. The summed E-state index contributed by atoms with van der Waals surface area (Å²) < 4.78 is 7.69. The van der Waals surface area contributed by atoms with Gasteiger partial charge < -0.3 is 4.74 Å². The van der Waals surface area contributed by atoms with E-state index in [0.29, 0.717) is 39.2 Å². The first kappa shape index (κ1) is 22.5. The van der Waals surface area contributed by atoms with E-state index in [-0.39, 0.29) is 5.91 Å². The molecule has 0 saturated heterocycles. The predicted molar refractivity (Wildman–Crippen MR) is 121 cm³/mol. The molecule has 0 saturated carbocycles. The molecule has 0 aliphatic rings. The van der Waals surface area contributed by atoms with Crippen LogP contribution < -0.4 is 10.1 Å². The lowest BCUT2D eigenvalue weighted by molar-refractivity contribution is -0.128. The van der Waals surface area contributed by atoms with E-state index >= 15 is 0 Å². The van der Waals surface area contributed by atoms with E-state index in [2.05, 4.69) is 15.5 Å². The Bertz CT molecular complexity index is 1020. The highest BCUT2D eigenvalue weighted by Crippen LogP contribution is 2.27. The monoisotopic (exact) mass is 464 g/mol. The van der Waals surface area contributed by atoms with Crippen molar-refractivity contribution < 1.29 is 9.53 Å². The van der Waals surface area contributed by atoms with E-state index < -0.39 is 5.60 Å². The molecule has 0 atom stereocenters. The van der Waals surface area contributed by atoms with Crippen molar-refractivity contribution >= 4 is 46.8 Å². The van der Waals surface area contributed by atoms with E-state index in [1.807, 2.05) is 35.8 Å². The van der Waals surface area contributed by atoms with Gasteiger partial charge in [-0.25, -0.2) is 0 Å². The maximum atomic E-state index is 12.8. The van der Waals surface area contributed by atoms with Gasteiger partial charge in [-0.05, 0) is 56.7 Å². The van der Waals surface area contributed by atoms with Crippen LogP contribution in [0.25, 0.3) is 0 Å². The number of hydrogen-bond acceptors (Lipinski definition) is 5. The lowest BCUT2D eigenvalue weighted by Crippen LogP contribution is -2.43. The van der Waals surface area contributed by atoms with Gasteiger partial charge >= 0.3 is 0 Å². The molecule has 0 unspecified atom stereocenters. The number of carbonyl (C=O) groups excluding carboxylic acids is 1. The Labute approximate surface area is 189 Å². The van der Waals surface area contributed by atoms with Crippen LogP contribution in [0.4, 0.5) is 5.95 Å². The zero-order chi connectivity index (χ0) is 21.7. The van der Waals surface area contributed by atoms with E-state index in [4.69, 9.17) is 27.9 Å². The fourth-order valence-electron chi connectivity index (χ4n) is 2.63. The number of ether oxygens (including phenoxy) is 1. The molecule has 0 spiro atoms. The standard InChI is InChI=1S/C21H22Cl2N4O2S/c1-4-27-19(25-26-20(27)30-13-14-7-5-6-8-17(14)23)24-18(28)21(2,3)29-16-11-9-15(22)10-12-16/h5-12H,4,13H2,1-3H3,(H,24,25,28). The zero-order valence-corrected chi connectivity index (χ0v) is 19.2. The molecule has 0 bridgehead atoms. The van der Waals surface area contributed by atoms with Gasteiger partial charge in [0.05, 0.1) is 0 Å². The third-order valence-corrected chi connectivity index (χ3v) is 5.94. The highest BCUT2D eigenvalue weighted by Gasteiger charge is 2.31. The molecule has 6 nitrogen and oxygen atoms in total. The molecule has 3 aromatic rings. The Hall–Kier alpha value is -2.22. The van der Waals surface area contributed by atoms with Crippen LogP contribution in [0.3, 0.4) is 0 Å². The molecule has 0 aliphatic carbocycles. The normalized spacial score (nSPS) is 11.4. The number of thioether (sulfide) groups is 1. The number of nitrogens with one attached hydrogen (secondary N) is 1. The molecule has 2 aromatic carbocycles. The minimum Gasteiger partial charge on any atom is -0.478 e. The lowest BCUT2D eigenvalue weighted by atomic mass is 10.1. The van der Waals surface area contributed by atoms with Gasteiger partial charge in [0.2, 0.25) is 5.95 Å². The number of anilines is 1. The molecular formula is C21H22Cl2N4O2S. The van der Waals surface area contributed by atoms with Crippen LogP contribution in [0, 0.1) is 0 Å². The molecule has 0 fully saturated rings. The fourth-order valence-corrected chi connectivity index (χ4v) is 4.04. The average Bonchev–Trinajstić information content (AvgIpc) is 3.10. The minimum absolute atomic E-state index is 0.331. The molecule has 158 valence electrons. The topological polar surface area (TPSA) is 69.0 Å². The van der Waals surface area contributed by atoms with Crippen LogP contribution in [0.2, 0.25) is 10.0 Å². The second-order valence-electron chi connectivity index (χ2n) is 6.95. The molecule has 3 rings (SSSR count). The van der Waals surface area contributed by atoms with Crippen molar-refractivity contribution in [3.63, 3.8) is 0 Å². The summed E-state index contributed by atoms with van der Waals surface area (Å²) >= 11 is 13.6. The molecule has 0 aliphatic heterocycles. The number of aromatic nitrogens is 3. The number of amides is 1. The molecule has 1 heterocycles. The molecule has 1 amide bonds. The summed E-state index contributed by atoms with van der Waals surface area (Å²) in [6.45, 7) is 5.95. The first-order valence-electron chi connectivity index (χ1n) is 9.35. The lowest BCUT2D eigenvalue weighted by Gasteiger charge is -2.25. The van der Waals surface area contributed by atoms with Gasteiger partial charge in [-0.1, -0.05) is 53.2 Å². The van der Waals surface area contributed by atoms with E-state index in [0.717, 1.165) is 5.56 Å². The smallest absolute Gasteiger partial charge is 0.270 e. The van der Waals surface area contributed by atoms with Crippen LogP contribution in [0.5, 0.6) is 5.75 Å². The highest BCUT2D eigenvalue weighted by atomic mass is 35.5. The third kappa shape index (κ3) is 5.47. The summed E-state index contributed by atoms with van der Waals surface area (Å²) in [4.78, 5) is 12.8. The van der Waals surface area contributed by atoms with Crippen LogP contribution in [0.15, 0.2) is 53.7 Å². The van der Waals surface area contributed by atoms with Crippen LogP contribution in [-0.2, 0) is 17.1 Å². The maximum Gasteiger partial charge on any atom is 0.270 e. The van der Waals surface area contributed by atoms with Gasteiger partial charge in [-0.15, -0.1) is 10.2 Å². The summed E-state index contributed by atoms with van der Waals surface area (Å²) in [5, 5.41) is 13.2. The third-order valence-electron chi connectivity index (χ3n) is 4.31. The Kier molecular flexibility index (Phi) is 7.28. The first-order chi connectivity index (χ1) is 14.3. The zero-order valence-electron chi connectivity index (χ0n) is 16.9. The predicted octanol–water partition coefficient (Wildman–Crippen LogP) is 5.69. The molecule has 30 heavy (non-hydrogen) atoms. The van der Waals surface area contributed by atoms with Gasteiger partial charge in [0.1, 0.15) is 5.75 Å². The largest absolute Gasteiger partial charge is 0.478 e. The summed E-state index contributed by atoms with van der Waals surface area (Å²) in [6.07, 6.45) is 0. The molecule has 9 heteroatoms. The van der Waals surface area contributed by atoms with Gasteiger partial charge in [-0.2, -0.15) is 0 Å². The summed E-state index contributed by atoms with van der Waals surface area (Å²) in [7, 11) is 0. The summed E-state index contributed by atoms with van der Waals surface area (Å²) in [6, 6.07) is 14.5. The quantitative estimate of drug-likeness (QED) is 0.433. The molecule has 1 N–H and O–H groups in total. The van der Waals surface area contributed by atoms with Crippen molar-refractivity contribution in [2.75, 3.05) is 5.32 Å². The minimum atomic E-state index is -1.12. The molecular weight excluding hydrogens is 443 g/mol. The summed E-state index contributed by atoms with van der Waals surface area (Å²) in [5.41, 5.74) is -0.110. The van der Waals surface area contributed by atoms with Crippen molar-refractivity contribution in [1.82, 2.24) is 14.8 Å². The Balaban J connectivity index is 1.69. The van der Waals surface area contributed by atoms with Gasteiger partial charge in [0.25, 0.3) is 5.91 Å². The highest BCUT2D eigenvalue weighted by molar-refractivity contribution is 7.98. The number of hydrogen-bond donors (Lipinski definition) is 1. The molecule has 1 aromatic heterocycles. The number of benzene rings is 2. The number of nitrogens with zero attached hydrogens (tertiary/aromatic N) is 3. The van der Waals surface area contributed by atoms with Crippen molar-refractivity contribution in [3.05, 3.63) is 64.1 Å². The van der Waals surface area contributed by atoms with Crippen molar-refractivity contribution in [1.29, 1.82) is 0 Å². The van der Waals surface area contributed by atoms with Crippen molar-refractivity contribution in [2.24, 2.45) is 0 Å².